The van der Waals surface area contributed by atoms with Crippen LogP contribution < -0.4 is 0 Å². The molecule has 2 aromatic carbocycles. The number of rotatable bonds is 3. The van der Waals surface area contributed by atoms with Crippen molar-refractivity contribution in [3.63, 3.8) is 0 Å². The Kier molecular flexibility index (Phi) is 4.18. The van der Waals surface area contributed by atoms with Crippen molar-refractivity contribution in [2.24, 2.45) is 0 Å². The summed E-state index contributed by atoms with van der Waals surface area (Å²) >= 11 is 0. The maximum absolute atomic E-state index is 9.62. The molecule has 1 aliphatic rings. The molecule has 0 fully saturated rings. The van der Waals surface area contributed by atoms with Crippen molar-refractivity contribution in [3.05, 3.63) is 71.3 Å². The van der Waals surface area contributed by atoms with Crippen molar-refractivity contribution in [1.29, 1.82) is 0 Å². The summed E-state index contributed by atoms with van der Waals surface area (Å²) in [6.45, 7) is 2.11. The zero-order valence-corrected chi connectivity index (χ0v) is 12.4. The molecule has 2 heteroatoms. The molecule has 0 bridgehead atoms. The molecular weight excluding hydrogens is 258 g/mol. The molecule has 1 heterocycles. The monoisotopic (exact) mass is 279 g/mol. The smallest absolute Gasteiger partial charge is 0.0687 e. The average Bonchev–Trinajstić information content (AvgIpc) is 2.55. The minimum Gasteiger partial charge on any atom is -0.392 e. The van der Waals surface area contributed by atoms with Crippen LogP contribution in [0.1, 0.15) is 23.1 Å². The minimum absolute atomic E-state index is 0.0948. The second-order valence-corrected chi connectivity index (χ2v) is 5.63. The molecule has 108 valence electrons. The lowest BCUT2D eigenvalue weighted by Gasteiger charge is -2.29. The average molecular weight is 279 g/mol. The second kappa shape index (κ2) is 6.25. The van der Waals surface area contributed by atoms with Crippen molar-refractivity contribution in [1.82, 2.24) is 4.90 Å². The Hall–Kier alpha value is -1.90. The normalized spacial score (nSPS) is 16.3. The zero-order valence-electron chi connectivity index (χ0n) is 12.4. The van der Waals surface area contributed by atoms with E-state index >= 15 is 0 Å². The molecule has 0 radical (unpaired) electrons. The molecule has 3 rings (SSSR count). The first-order valence-electron chi connectivity index (χ1n) is 7.44. The van der Waals surface area contributed by atoms with E-state index in [1.54, 1.807) is 0 Å². The van der Waals surface area contributed by atoms with Crippen LogP contribution >= 0.6 is 0 Å². The van der Waals surface area contributed by atoms with Gasteiger partial charge in [-0.05, 0) is 41.3 Å². The molecule has 2 nitrogen and oxygen atoms in total. The molecule has 0 saturated heterocycles. The number of hydrogen-bond donors (Lipinski definition) is 1. The van der Waals surface area contributed by atoms with Gasteiger partial charge in [0.25, 0.3) is 0 Å². The van der Waals surface area contributed by atoms with Crippen molar-refractivity contribution in [2.45, 2.75) is 13.0 Å². The lowest BCUT2D eigenvalue weighted by Crippen LogP contribution is -2.27. The van der Waals surface area contributed by atoms with Crippen molar-refractivity contribution in [2.75, 3.05) is 20.1 Å². The van der Waals surface area contributed by atoms with Gasteiger partial charge in [0.05, 0.1) is 6.61 Å². The Bertz CT molecular complexity index is 646. The molecule has 0 aromatic heterocycles. The summed E-state index contributed by atoms with van der Waals surface area (Å²) in [6, 6.07) is 18.8. The number of aliphatic hydroxyl groups excluding tert-OH is 1. The third-order valence-electron chi connectivity index (χ3n) is 4.17. The predicted molar refractivity (Wildman–Crippen MR) is 87.7 cm³/mol. The maximum Gasteiger partial charge on any atom is 0.0687 e. The summed E-state index contributed by atoms with van der Waals surface area (Å²) in [5.41, 5.74) is 6.26. The topological polar surface area (TPSA) is 23.5 Å². The van der Waals surface area contributed by atoms with E-state index in [-0.39, 0.29) is 6.61 Å². The Balaban J connectivity index is 2.15. The number of aliphatic hydroxyl groups is 1. The van der Waals surface area contributed by atoms with E-state index in [1.165, 1.54) is 22.3 Å². The van der Waals surface area contributed by atoms with E-state index in [4.69, 9.17) is 0 Å². The van der Waals surface area contributed by atoms with Crippen LogP contribution in [-0.2, 0) is 6.61 Å². The summed E-state index contributed by atoms with van der Waals surface area (Å²) in [5.74, 6) is 0. The van der Waals surface area contributed by atoms with Gasteiger partial charge >= 0.3 is 0 Å². The van der Waals surface area contributed by atoms with Gasteiger partial charge in [-0.1, -0.05) is 54.6 Å². The van der Waals surface area contributed by atoms with Gasteiger partial charge in [-0.3, -0.25) is 0 Å². The summed E-state index contributed by atoms with van der Waals surface area (Å²) in [5, 5.41) is 9.62. The maximum atomic E-state index is 9.62. The molecule has 2 aromatic rings. The first kappa shape index (κ1) is 14.1. The fourth-order valence-electron chi connectivity index (χ4n) is 3.05. The van der Waals surface area contributed by atoms with Gasteiger partial charge in [0.15, 0.2) is 0 Å². The number of hydrogen-bond acceptors (Lipinski definition) is 2. The standard InChI is InChI=1S/C19H21NO/c1-20-12-11-18(17-10-6-5-9-16(17)14-21)19(13-20)15-7-3-2-4-8-15/h2-10,21H,11-14H2,1H3. The van der Waals surface area contributed by atoms with E-state index in [0.29, 0.717) is 0 Å². The Labute approximate surface area is 126 Å². The third-order valence-corrected chi connectivity index (χ3v) is 4.17. The summed E-state index contributed by atoms with van der Waals surface area (Å²) in [6.07, 6.45) is 1.03. The molecule has 0 atom stereocenters. The quantitative estimate of drug-likeness (QED) is 0.930. The van der Waals surface area contributed by atoms with Crippen LogP contribution in [0.15, 0.2) is 54.6 Å². The molecular formula is C19H21NO. The van der Waals surface area contributed by atoms with Crippen LogP contribution in [0.4, 0.5) is 0 Å². The first-order valence-corrected chi connectivity index (χ1v) is 7.44. The van der Waals surface area contributed by atoms with E-state index in [0.717, 1.165) is 25.1 Å². The van der Waals surface area contributed by atoms with Crippen LogP contribution in [0.3, 0.4) is 0 Å². The number of benzene rings is 2. The van der Waals surface area contributed by atoms with Crippen molar-refractivity contribution in [3.8, 4) is 0 Å². The molecule has 0 spiro atoms. The van der Waals surface area contributed by atoms with Gasteiger partial charge in [-0.2, -0.15) is 0 Å². The lowest BCUT2D eigenvalue weighted by atomic mass is 9.87. The number of likely N-dealkylation sites (N-methyl/N-ethyl adjacent to an activating group) is 1. The SMILES string of the molecule is CN1CCC(c2ccccc2CO)=C(c2ccccc2)C1. The number of nitrogens with zero attached hydrogens (tertiary/aromatic N) is 1. The predicted octanol–water partition coefficient (Wildman–Crippen LogP) is 3.43. The third kappa shape index (κ3) is 2.92. The van der Waals surface area contributed by atoms with E-state index < -0.39 is 0 Å². The van der Waals surface area contributed by atoms with Gasteiger partial charge in [0.2, 0.25) is 0 Å². The van der Waals surface area contributed by atoms with Gasteiger partial charge in [0.1, 0.15) is 0 Å². The molecule has 0 unspecified atom stereocenters. The van der Waals surface area contributed by atoms with Gasteiger partial charge in [0, 0.05) is 13.1 Å². The van der Waals surface area contributed by atoms with E-state index in [1.807, 2.05) is 12.1 Å². The summed E-state index contributed by atoms with van der Waals surface area (Å²) < 4.78 is 0. The largest absolute Gasteiger partial charge is 0.392 e. The highest BCUT2D eigenvalue weighted by molar-refractivity contribution is 5.93. The Morgan fingerprint density at radius 1 is 0.952 bits per heavy atom. The fourth-order valence-corrected chi connectivity index (χ4v) is 3.05. The van der Waals surface area contributed by atoms with Gasteiger partial charge in [-0.15, -0.1) is 0 Å². The molecule has 0 saturated carbocycles. The lowest BCUT2D eigenvalue weighted by molar-refractivity contribution is 0.281. The second-order valence-electron chi connectivity index (χ2n) is 5.63. The highest BCUT2D eigenvalue weighted by atomic mass is 16.3. The van der Waals surface area contributed by atoms with Gasteiger partial charge in [-0.25, -0.2) is 0 Å². The zero-order chi connectivity index (χ0) is 14.7. The van der Waals surface area contributed by atoms with Crippen LogP contribution in [-0.4, -0.2) is 30.1 Å². The molecule has 0 amide bonds. The molecule has 1 N–H and O–H groups in total. The highest BCUT2D eigenvalue weighted by Gasteiger charge is 2.20. The molecule has 1 aliphatic heterocycles. The van der Waals surface area contributed by atoms with Gasteiger partial charge < -0.3 is 10.0 Å². The first-order chi connectivity index (χ1) is 10.3. The van der Waals surface area contributed by atoms with Crippen molar-refractivity contribution < 1.29 is 5.11 Å². The summed E-state index contributed by atoms with van der Waals surface area (Å²) in [7, 11) is 2.16. The highest BCUT2D eigenvalue weighted by Crippen LogP contribution is 2.34. The molecule has 0 aliphatic carbocycles. The fraction of sp³-hybridized carbons (Fsp3) is 0.263. The Morgan fingerprint density at radius 3 is 2.43 bits per heavy atom. The summed E-state index contributed by atoms with van der Waals surface area (Å²) in [4.78, 5) is 2.35. The van der Waals surface area contributed by atoms with Crippen LogP contribution in [0, 0.1) is 0 Å². The van der Waals surface area contributed by atoms with Crippen LogP contribution in [0.2, 0.25) is 0 Å². The van der Waals surface area contributed by atoms with E-state index in [9.17, 15) is 5.11 Å². The Morgan fingerprint density at radius 2 is 1.67 bits per heavy atom. The van der Waals surface area contributed by atoms with Crippen molar-refractivity contribution >= 4 is 11.1 Å². The van der Waals surface area contributed by atoms with E-state index in [2.05, 4.69) is 54.4 Å². The molecule has 21 heavy (non-hydrogen) atoms. The van der Waals surface area contributed by atoms with Crippen LogP contribution in [0.25, 0.3) is 11.1 Å². The minimum atomic E-state index is 0.0948. The van der Waals surface area contributed by atoms with Crippen LogP contribution in [0.5, 0.6) is 0 Å².